The van der Waals surface area contributed by atoms with Gasteiger partial charge >= 0.3 is 0 Å². The predicted molar refractivity (Wildman–Crippen MR) is 149 cm³/mol. The number of rotatable bonds is 6. The lowest BCUT2D eigenvalue weighted by Gasteiger charge is -2.05. The summed E-state index contributed by atoms with van der Waals surface area (Å²) in [5, 5.41) is 19.5. The SMILES string of the molecule is COc1ccc(-c2nn(-c3ccccc3)cc2C=c2sc3nc(C=Cc4ccccc4)nn3c2=O)cc1O. The van der Waals surface area contributed by atoms with Crippen molar-refractivity contribution >= 4 is 34.5 Å². The molecule has 3 aromatic heterocycles. The molecule has 186 valence electrons. The zero-order valence-corrected chi connectivity index (χ0v) is 21.0. The van der Waals surface area contributed by atoms with E-state index in [9.17, 15) is 9.90 Å². The standard InChI is InChI=1S/C29H21N5O3S/c1-37-24-14-13-20(16-23(24)35)27-21(18-33(32-27)22-10-6-3-7-11-22)17-25-28(36)34-29(38-25)30-26(31-34)15-12-19-8-4-2-5-9-19/h2-18,35H,1H3. The van der Waals surface area contributed by atoms with Crippen LogP contribution >= 0.6 is 11.3 Å². The Bertz CT molecular complexity index is 1890. The minimum absolute atomic E-state index is 0.00426. The van der Waals surface area contributed by atoms with E-state index >= 15 is 0 Å². The van der Waals surface area contributed by atoms with E-state index in [1.165, 1.54) is 23.0 Å². The number of hydrogen-bond donors (Lipinski definition) is 1. The fourth-order valence-corrected chi connectivity index (χ4v) is 4.97. The topological polar surface area (TPSA) is 94.5 Å². The van der Waals surface area contributed by atoms with Crippen molar-refractivity contribution in [3.63, 3.8) is 0 Å². The summed E-state index contributed by atoms with van der Waals surface area (Å²) in [6.07, 6.45) is 7.34. The first-order chi connectivity index (χ1) is 18.6. The van der Waals surface area contributed by atoms with Crippen molar-refractivity contribution in [2.24, 2.45) is 0 Å². The number of aromatic hydroxyl groups is 1. The zero-order chi connectivity index (χ0) is 26.1. The maximum Gasteiger partial charge on any atom is 0.291 e. The third-order valence-corrected chi connectivity index (χ3v) is 6.88. The Labute approximate surface area is 221 Å². The van der Waals surface area contributed by atoms with Crippen molar-refractivity contribution in [1.29, 1.82) is 0 Å². The van der Waals surface area contributed by atoms with Gasteiger partial charge in [0.15, 0.2) is 17.3 Å². The van der Waals surface area contributed by atoms with Crippen LogP contribution in [0.3, 0.4) is 0 Å². The molecule has 6 rings (SSSR count). The average Bonchev–Trinajstić information content (AvgIpc) is 3.63. The van der Waals surface area contributed by atoms with Crippen molar-refractivity contribution in [2.75, 3.05) is 7.11 Å². The highest BCUT2D eigenvalue weighted by atomic mass is 32.1. The summed E-state index contributed by atoms with van der Waals surface area (Å²) in [7, 11) is 1.50. The molecule has 0 saturated heterocycles. The Balaban J connectivity index is 1.43. The van der Waals surface area contributed by atoms with Crippen molar-refractivity contribution in [2.45, 2.75) is 0 Å². The number of methoxy groups -OCH3 is 1. The van der Waals surface area contributed by atoms with Gasteiger partial charge in [-0.3, -0.25) is 4.79 Å². The fourth-order valence-electron chi connectivity index (χ4n) is 4.06. The number of aromatic nitrogens is 5. The van der Waals surface area contributed by atoms with Crippen LogP contribution in [0.25, 0.3) is 40.1 Å². The van der Waals surface area contributed by atoms with Crippen molar-refractivity contribution < 1.29 is 9.84 Å². The highest BCUT2D eigenvalue weighted by Crippen LogP contribution is 2.33. The number of phenols is 1. The molecule has 0 aliphatic heterocycles. The maximum absolute atomic E-state index is 13.2. The number of nitrogens with zero attached hydrogens (tertiary/aromatic N) is 5. The van der Waals surface area contributed by atoms with E-state index in [1.807, 2.05) is 79.0 Å². The molecule has 0 amide bonds. The van der Waals surface area contributed by atoms with Crippen LogP contribution in [-0.2, 0) is 0 Å². The first kappa shape index (κ1) is 23.4. The van der Waals surface area contributed by atoms with E-state index in [2.05, 4.69) is 10.1 Å². The van der Waals surface area contributed by atoms with Crippen LogP contribution < -0.4 is 14.8 Å². The van der Waals surface area contributed by atoms with Crippen LogP contribution in [0.15, 0.2) is 89.9 Å². The quantitative estimate of drug-likeness (QED) is 0.350. The van der Waals surface area contributed by atoms with Gasteiger partial charge < -0.3 is 9.84 Å². The molecule has 8 nitrogen and oxygen atoms in total. The number of benzene rings is 3. The highest BCUT2D eigenvalue weighted by molar-refractivity contribution is 7.15. The summed E-state index contributed by atoms with van der Waals surface area (Å²) in [6, 6.07) is 24.6. The van der Waals surface area contributed by atoms with E-state index in [1.54, 1.807) is 29.0 Å². The zero-order valence-electron chi connectivity index (χ0n) is 20.2. The lowest BCUT2D eigenvalue weighted by atomic mass is 10.1. The number of thiazole rings is 1. The van der Waals surface area contributed by atoms with Crippen LogP contribution in [0.1, 0.15) is 17.0 Å². The Hall–Kier alpha value is -5.02. The minimum Gasteiger partial charge on any atom is -0.504 e. The van der Waals surface area contributed by atoms with Crippen molar-refractivity contribution in [3.05, 3.63) is 117 Å². The van der Waals surface area contributed by atoms with E-state index in [4.69, 9.17) is 9.84 Å². The number of para-hydroxylation sites is 1. The largest absolute Gasteiger partial charge is 0.504 e. The molecule has 0 radical (unpaired) electrons. The van der Waals surface area contributed by atoms with Crippen molar-refractivity contribution in [1.82, 2.24) is 24.4 Å². The number of fused-ring (bicyclic) bond motifs is 1. The predicted octanol–water partition coefficient (Wildman–Crippen LogP) is 4.44. The molecule has 3 heterocycles. The van der Waals surface area contributed by atoms with Gasteiger partial charge in [0.25, 0.3) is 5.56 Å². The van der Waals surface area contributed by atoms with Crippen LogP contribution in [0.5, 0.6) is 11.5 Å². The Morgan fingerprint density at radius 2 is 1.71 bits per heavy atom. The number of phenolic OH excluding ortho intramolecular Hbond substituents is 1. The van der Waals surface area contributed by atoms with Crippen LogP contribution in [-0.4, -0.2) is 36.6 Å². The second-order valence-corrected chi connectivity index (χ2v) is 9.43. The molecule has 0 bridgehead atoms. The van der Waals surface area contributed by atoms with Gasteiger partial charge in [0.05, 0.1) is 17.3 Å². The Morgan fingerprint density at radius 1 is 0.947 bits per heavy atom. The summed E-state index contributed by atoms with van der Waals surface area (Å²) in [6.45, 7) is 0. The molecule has 1 N–H and O–H groups in total. The molecule has 0 spiro atoms. The first-order valence-corrected chi connectivity index (χ1v) is 12.6. The average molecular weight is 520 g/mol. The molecule has 3 aromatic carbocycles. The van der Waals surface area contributed by atoms with E-state index in [-0.39, 0.29) is 11.3 Å². The molecule has 0 fully saturated rings. The van der Waals surface area contributed by atoms with Gasteiger partial charge in [-0.15, -0.1) is 5.10 Å². The lowest BCUT2D eigenvalue weighted by molar-refractivity contribution is 0.373. The second-order valence-electron chi connectivity index (χ2n) is 8.42. The highest BCUT2D eigenvalue weighted by Gasteiger charge is 2.15. The molecule has 0 unspecified atom stereocenters. The van der Waals surface area contributed by atoms with Crippen molar-refractivity contribution in [3.8, 4) is 28.4 Å². The van der Waals surface area contributed by atoms with Gasteiger partial charge in [0, 0.05) is 17.3 Å². The van der Waals surface area contributed by atoms with E-state index in [0.29, 0.717) is 37.9 Å². The molecule has 0 aliphatic rings. The summed E-state index contributed by atoms with van der Waals surface area (Å²) < 4.78 is 8.73. The van der Waals surface area contributed by atoms with Crippen LogP contribution in [0.2, 0.25) is 0 Å². The number of hydrogen-bond acceptors (Lipinski definition) is 7. The van der Waals surface area contributed by atoms with Gasteiger partial charge in [-0.05, 0) is 48.0 Å². The van der Waals surface area contributed by atoms with Gasteiger partial charge in [-0.1, -0.05) is 65.9 Å². The summed E-state index contributed by atoms with van der Waals surface area (Å²) in [5.41, 5.74) is 3.64. The summed E-state index contributed by atoms with van der Waals surface area (Å²) in [5.74, 6) is 0.839. The molecule has 9 heteroatoms. The molecule has 0 atom stereocenters. The lowest BCUT2D eigenvalue weighted by Crippen LogP contribution is -2.23. The minimum atomic E-state index is -0.257. The molecule has 0 aliphatic carbocycles. The molecule has 6 aromatic rings. The fraction of sp³-hybridized carbons (Fsp3) is 0.0345. The maximum atomic E-state index is 13.2. The molecule has 0 saturated carbocycles. The van der Waals surface area contributed by atoms with Gasteiger partial charge in [0.2, 0.25) is 4.96 Å². The van der Waals surface area contributed by atoms with E-state index < -0.39 is 0 Å². The smallest absolute Gasteiger partial charge is 0.291 e. The Kier molecular flexibility index (Phi) is 6.03. The van der Waals surface area contributed by atoms with Gasteiger partial charge in [-0.2, -0.15) is 14.6 Å². The molecule has 38 heavy (non-hydrogen) atoms. The first-order valence-electron chi connectivity index (χ1n) is 11.8. The monoisotopic (exact) mass is 519 g/mol. The number of ether oxygens (including phenoxy) is 1. The third kappa shape index (κ3) is 4.46. The molecular weight excluding hydrogens is 498 g/mol. The van der Waals surface area contributed by atoms with E-state index in [0.717, 1.165) is 11.3 Å². The molecular formula is C29H21N5O3S. The summed E-state index contributed by atoms with van der Waals surface area (Å²) >= 11 is 1.26. The summed E-state index contributed by atoms with van der Waals surface area (Å²) in [4.78, 5) is 18.2. The van der Waals surface area contributed by atoms with Crippen LogP contribution in [0, 0.1) is 0 Å². The van der Waals surface area contributed by atoms with Crippen LogP contribution in [0.4, 0.5) is 0 Å². The second kappa shape index (κ2) is 9.79. The van der Waals surface area contributed by atoms with Gasteiger partial charge in [-0.25, -0.2) is 4.68 Å². The van der Waals surface area contributed by atoms with Gasteiger partial charge in [0.1, 0.15) is 5.69 Å². The third-order valence-electron chi connectivity index (χ3n) is 5.92. The Morgan fingerprint density at radius 3 is 2.42 bits per heavy atom. The normalized spacial score (nSPS) is 12.1.